The molecule has 7 heavy (non-hydrogen) atoms. The Morgan fingerprint density at radius 1 is 1.43 bits per heavy atom. The van der Waals surface area contributed by atoms with Crippen LogP contribution in [0.2, 0.25) is 0 Å². The second kappa shape index (κ2) is 2.10. The van der Waals surface area contributed by atoms with Crippen LogP contribution in [0.1, 0.15) is 19.3 Å². The van der Waals surface area contributed by atoms with E-state index >= 15 is 0 Å². The molecule has 1 aliphatic carbocycles. The predicted octanol–water partition coefficient (Wildman–Crippen LogP) is 1.15. The van der Waals surface area contributed by atoms with E-state index in [0.29, 0.717) is 6.42 Å². The van der Waals surface area contributed by atoms with Crippen molar-refractivity contribution in [1.29, 1.82) is 0 Å². The van der Waals surface area contributed by atoms with Gasteiger partial charge in [-0.3, -0.25) is 4.79 Å². The van der Waals surface area contributed by atoms with Crippen LogP contribution in [0, 0.1) is 12.8 Å². The summed E-state index contributed by atoms with van der Waals surface area (Å²) in [6, 6.07) is 0. The number of rotatable bonds is 0. The van der Waals surface area contributed by atoms with Crippen LogP contribution in [0.15, 0.2) is 0 Å². The van der Waals surface area contributed by atoms with E-state index in [-0.39, 0.29) is 5.78 Å². The number of carbonyl (C=O) groups is 1. The highest BCUT2D eigenvalue weighted by Crippen LogP contribution is 2.10. The molecule has 0 aromatic rings. The van der Waals surface area contributed by atoms with Gasteiger partial charge in [0, 0.05) is 12.8 Å². The van der Waals surface area contributed by atoms with Crippen LogP contribution in [-0.2, 0) is 4.79 Å². The third-order valence-electron chi connectivity index (χ3n) is 1.09. The lowest BCUT2D eigenvalue weighted by molar-refractivity contribution is -0.116. The van der Waals surface area contributed by atoms with Gasteiger partial charge in [0.25, 0.3) is 0 Å². The van der Waals surface area contributed by atoms with Gasteiger partial charge in [-0.1, -0.05) is 0 Å². The number of ketones is 1. The third-order valence-corrected chi connectivity index (χ3v) is 1.09. The molecule has 38 valence electrons. The van der Waals surface area contributed by atoms with Gasteiger partial charge in [-0.2, -0.15) is 0 Å². The molecule has 1 fully saturated rings. The molecule has 1 rings (SSSR count). The average molecular weight is 96.1 g/mol. The van der Waals surface area contributed by atoms with Crippen LogP contribution in [0.25, 0.3) is 0 Å². The topological polar surface area (TPSA) is 17.1 Å². The largest absolute Gasteiger partial charge is 0.299 e. The first-order valence-corrected chi connectivity index (χ1v) is 2.57. The molecule has 0 unspecified atom stereocenters. The Morgan fingerprint density at radius 2 is 2.29 bits per heavy atom. The predicted molar refractivity (Wildman–Crippen MR) is 27.5 cm³/mol. The van der Waals surface area contributed by atoms with Crippen molar-refractivity contribution in [1.82, 2.24) is 0 Å². The summed E-state index contributed by atoms with van der Waals surface area (Å²) >= 11 is 0. The Labute approximate surface area is 43.7 Å². The molecule has 0 atom stereocenters. The molecule has 1 heteroatoms. The van der Waals surface area contributed by atoms with Crippen LogP contribution in [0.3, 0.4) is 0 Å². The zero-order valence-corrected chi connectivity index (χ0v) is 4.18. The fourth-order valence-corrected chi connectivity index (χ4v) is 0.690. The molecule has 0 aromatic carbocycles. The molecule has 0 saturated heterocycles. The summed E-state index contributed by atoms with van der Waals surface area (Å²) in [5, 5.41) is 0. The average Bonchev–Trinajstić information content (AvgIpc) is 1.69. The molecule has 1 aliphatic rings. The Hall–Kier alpha value is -0.330. The lowest BCUT2D eigenvalue weighted by Crippen LogP contribution is -2.04. The highest BCUT2D eigenvalue weighted by molar-refractivity contribution is 5.88. The molecule has 0 aromatic heterocycles. The molecular weight excluding hydrogens is 88.1 g/mol. The van der Waals surface area contributed by atoms with E-state index in [1.165, 1.54) is 0 Å². The van der Waals surface area contributed by atoms with Gasteiger partial charge in [0.15, 0.2) is 0 Å². The number of hydrogen-bond donors (Lipinski definition) is 0. The van der Waals surface area contributed by atoms with Crippen molar-refractivity contribution in [2.45, 2.75) is 19.3 Å². The lowest BCUT2D eigenvalue weighted by Gasteiger charge is -2.04. The van der Waals surface area contributed by atoms with Crippen LogP contribution in [-0.4, -0.2) is 5.78 Å². The first-order valence-electron chi connectivity index (χ1n) is 2.57. The van der Waals surface area contributed by atoms with Gasteiger partial charge in [0.1, 0.15) is 5.78 Å². The van der Waals surface area contributed by atoms with Gasteiger partial charge in [0.2, 0.25) is 0 Å². The molecule has 1 saturated carbocycles. The lowest BCUT2D eigenvalue weighted by atomic mass is 10.00. The SMILES string of the molecule is O=C1[CH]CC[CH]C1. The van der Waals surface area contributed by atoms with Crippen molar-refractivity contribution >= 4 is 5.78 Å². The van der Waals surface area contributed by atoms with Gasteiger partial charge in [-0.25, -0.2) is 0 Å². The molecule has 0 amide bonds. The fraction of sp³-hybridized carbons (Fsp3) is 0.500. The van der Waals surface area contributed by atoms with E-state index in [0.717, 1.165) is 12.8 Å². The molecule has 0 spiro atoms. The molecule has 0 heterocycles. The third kappa shape index (κ3) is 1.30. The van der Waals surface area contributed by atoms with E-state index in [1.807, 2.05) is 6.42 Å². The smallest absolute Gasteiger partial charge is 0.136 e. The molecule has 0 bridgehead atoms. The van der Waals surface area contributed by atoms with Crippen LogP contribution < -0.4 is 0 Å². The second-order valence-corrected chi connectivity index (χ2v) is 1.74. The van der Waals surface area contributed by atoms with Crippen molar-refractivity contribution in [3.63, 3.8) is 0 Å². The number of carbonyl (C=O) groups excluding carboxylic acids is 1. The molecule has 1 nitrogen and oxygen atoms in total. The summed E-state index contributed by atoms with van der Waals surface area (Å²) in [5.74, 6) is 0.284. The minimum Gasteiger partial charge on any atom is -0.299 e. The van der Waals surface area contributed by atoms with E-state index in [2.05, 4.69) is 0 Å². The van der Waals surface area contributed by atoms with Gasteiger partial charge >= 0.3 is 0 Å². The quantitative estimate of drug-likeness (QED) is 0.442. The maximum absolute atomic E-state index is 10.4. The van der Waals surface area contributed by atoms with Crippen molar-refractivity contribution in [3.8, 4) is 0 Å². The van der Waals surface area contributed by atoms with Crippen LogP contribution in [0.4, 0.5) is 0 Å². The second-order valence-electron chi connectivity index (χ2n) is 1.74. The summed E-state index contributed by atoms with van der Waals surface area (Å²) in [6.45, 7) is 0. The first-order chi connectivity index (χ1) is 3.39. The Morgan fingerprint density at radius 3 is 2.57 bits per heavy atom. The van der Waals surface area contributed by atoms with Crippen molar-refractivity contribution in [2.24, 2.45) is 0 Å². The summed E-state index contributed by atoms with van der Waals surface area (Å²) in [6.07, 6.45) is 6.51. The zero-order chi connectivity index (χ0) is 5.11. The van der Waals surface area contributed by atoms with Gasteiger partial charge in [0.05, 0.1) is 0 Å². The van der Waals surface area contributed by atoms with Gasteiger partial charge in [-0.15, -0.1) is 0 Å². The monoisotopic (exact) mass is 96.1 g/mol. The summed E-state index contributed by atoms with van der Waals surface area (Å²) in [5.41, 5.74) is 0. The molecule has 0 aliphatic heterocycles. The van der Waals surface area contributed by atoms with Crippen LogP contribution in [0.5, 0.6) is 0 Å². The highest BCUT2D eigenvalue weighted by Gasteiger charge is 2.06. The summed E-state index contributed by atoms with van der Waals surface area (Å²) in [4.78, 5) is 10.4. The number of hydrogen-bond acceptors (Lipinski definition) is 1. The maximum atomic E-state index is 10.4. The van der Waals surface area contributed by atoms with E-state index in [9.17, 15) is 4.79 Å². The number of Topliss-reactive ketones (excluding diaryl/α,β-unsaturated/α-hetero) is 1. The van der Waals surface area contributed by atoms with E-state index in [4.69, 9.17) is 0 Å². The Bertz CT molecular complexity index is 68.2. The highest BCUT2D eigenvalue weighted by atomic mass is 16.1. The Balaban J connectivity index is 2.25. The van der Waals surface area contributed by atoms with Gasteiger partial charge < -0.3 is 0 Å². The summed E-state index contributed by atoms with van der Waals surface area (Å²) in [7, 11) is 0. The zero-order valence-electron chi connectivity index (χ0n) is 4.18. The first kappa shape index (κ1) is 4.82. The standard InChI is InChI=1S/C6H8O/c7-6-4-2-1-3-5-6/h2,5H,1,3-4H2. The van der Waals surface area contributed by atoms with Gasteiger partial charge in [-0.05, 0) is 19.3 Å². The minimum atomic E-state index is 0.284. The van der Waals surface area contributed by atoms with Crippen molar-refractivity contribution in [3.05, 3.63) is 12.8 Å². The molecular formula is C6H8O. The minimum absolute atomic E-state index is 0.284. The summed E-state index contributed by atoms with van der Waals surface area (Å²) < 4.78 is 0. The Kier molecular flexibility index (Phi) is 1.45. The fourth-order valence-electron chi connectivity index (χ4n) is 0.690. The van der Waals surface area contributed by atoms with Crippen molar-refractivity contribution in [2.75, 3.05) is 0 Å². The maximum Gasteiger partial charge on any atom is 0.136 e. The van der Waals surface area contributed by atoms with Crippen molar-refractivity contribution < 1.29 is 4.79 Å². The van der Waals surface area contributed by atoms with E-state index in [1.54, 1.807) is 6.42 Å². The molecule has 0 N–H and O–H groups in total. The normalized spacial score (nSPS) is 22.6. The van der Waals surface area contributed by atoms with E-state index < -0.39 is 0 Å². The van der Waals surface area contributed by atoms with Crippen LogP contribution >= 0.6 is 0 Å². The molecule has 2 radical (unpaired) electrons.